The number of anilines is 1. The number of para-hydroxylation sites is 1. The number of phenolic OH excluding ortho intramolecular Hbond substituents is 1. The van der Waals surface area contributed by atoms with E-state index < -0.39 is 11.3 Å². The lowest BCUT2D eigenvalue weighted by Crippen LogP contribution is -2.03. The molecule has 1 unspecified atom stereocenters. The molecule has 3 N–H and O–H groups in total. The van der Waals surface area contributed by atoms with E-state index in [-0.39, 0.29) is 11.4 Å². The molecule has 0 amide bonds. The highest BCUT2D eigenvalue weighted by Crippen LogP contribution is 2.35. The van der Waals surface area contributed by atoms with Crippen LogP contribution in [0.2, 0.25) is 0 Å². The third kappa shape index (κ3) is 2.64. The van der Waals surface area contributed by atoms with Gasteiger partial charge in [-0.25, -0.2) is 4.21 Å². The number of hydrogen-bond donors (Lipinski definition) is 3. The highest BCUT2D eigenvalue weighted by molar-refractivity contribution is 7.80. The summed E-state index contributed by atoms with van der Waals surface area (Å²) in [6.45, 7) is 0. The molecule has 0 aliphatic heterocycles. The molecule has 88 valence electrons. The minimum atomic E-state index is -2.22. The summed E-state index contributed by atoms with van der Waals surface area (Å²) in [6, 6.07) is 14.2. The fourth-order valence-electron chi connectivity index (χ4n) is 1.59. The average Bonchev–Trinajstić information content (AvgIpc) is 2.32. The third-order valence-corrected chi connectivity index (χ3v) is 2.70. The molecule has 2 aromatic carbocycles. The van der Waals surface area contributed by atoms with Crippen molar-refractivity contribution in [2.45, 2.75) is 0 Å². The third-order valence-electron chi connectivity index (χ3n) is 2.32. The van der Waals surface area contributed by atoms with E-state index in [1.165, 1.54) is 6.07 Å². The average molecular weight is 249 g/mol. The molecule has 1 atom stereocenters. The van der Waals surface area contributed by atoms with Gasteiger partial charge in [0.1, 0.15) is 5.75 Å². The predicted octanol–water partition coefficient (Wildman–Crippen LogP) is 2.61. The summed E-state index contributed by atoms with van der Waals surface area (Å²) in [5.41, 5.74) is 1.78. The molecule has 0 spiro atoms. The number of phenols is 1. The SMILES string of the molecule is O=S(O)Nc1c(O)cccc1-c1ccccc1. The van der Waals surface area contributed by atoms with Crippen molar-refractivity contribution < 1.29 is 13.9 Å². The summed E-state index contributed by atoms with van der Waals surface area (Å²) in [4.78, 5) is 0. The Morgan fingerprint density at radius 3 is 2.35 bits per heavy atom. The number of hydrogen-bond acceptors (Lipinski definition) is 2. The van der Waals surface area contributed by atoms with E-state index in [1.54, 1.807) is 12.1 Å². The minimum Gasteiger partial charge on any atom is -0.506 e. The van der Waals surface area contributed by atoms with Gasteiger partial charge in [0.25, 0.3) is 11.3 Å². The Morgan fingerprint density at radius 1 is 1.00 bits per heavy atom. The van der Waals surface area contributed by atoms with Crippen LogP contribution in [-0.2, 0) is 11.3 Å². The lowest BCUT2D eigenvalue weighted by molar-refractivity contribution is 0.477. The molecule has 0 bridgehead atoms. The fourth-order valence-corrected chi connectivity index (χ4v) is 1.98. The van der Waals surface area contributed by atoms with Gasteiger partial charge in [-0.15, -0.1) is 0 Å². The van der Waals surface area contributed by atoms with Crippen LogP contribution in [-0.4, -0.2) is 13.9 Å². The van der Waals surface area contributed by atoms with Gasteiger partial charge in [0, 0.05) is 5.56 Å². The first-order chi connectivity index (χ1) is 8.18. The van der Waals surface area contributed by atoms with Gasteiger partial charge in [-0.05, 0) is 11.6 Å². The Labute approximate surface area is 101 Å². The maximum atomic E-state index is 10.8. The molecule has 2 rings (SSSR count). The standard InChI is InChI=1S/C12H11NO3S/c14-11-8-4-7-10(12(11)13-17(15)16)9-5-2-1-3-6-9/h1-8,13-14H,(H,15,16). The molecular formula is C12H11NO3S. The fraction of sp³-hybridized carbons (Fsp3) is 0. The maximum absolute atomic E-state index is 10.8. The first kappa shape index (κ1) is 11.6. The summed E-state index contributed by atoms with van der Waals surface area (Å²) >= 11 is -2.22. The van der Waals surface area contributed by atoms with E-state index in [1.807, 2.05) is 30.3 Å². The molecule has 0 aromatic heterocycles. The van der Waals surface area contributed by atoms with Crippen molar-refractivity contribution in [3.8, 4) is 16.9 Å². The van der Waals surface area contributed by atoms with Crippen molar-refractivity contribution in [3.63, 3.8) is 0 Å². The van der Waals surface area contributed by atoms with Crippen LogP contribution in [0.4, 0.5) is 5.69 Å². The van der Waals surface area contributed by atoms with E-state index >= 15 is 0 Å². The molecule has 0 fully saturated rings. The van der Waals surface area contributed by atoms with Crippen molar-refractivity contribution >= 4 is 17.0 Å². The second-order valence-corrected chi connectivity index (χ2v) is 4.12. The Hall–Kier alpha value is -1.85. The van der Waals surface area contributed by atoms with Gasteiger partial charge < -0.3 is 5.11 Å². The summed E-state index contributed by atoms with van der Waals surface area (Å²) in [5.74, 6) is -0.0613. The van der Waals surface area contributed by atoms with Crippen LogP contribution in [0.5, 0.6) is 5.75 Å². The molecule has 0 aliphatic carbocycles. The highest BCUT2D eigenvalue weighted by atomic mass is 32.2. The number of benzene rings is 2. The number of nitrogens with one attached hydrogen (secondary N) is 1. The van der Waals surface area contributed by atoms with Crippen LogP contribution in [0, 0.1) is 0 Å². The van der Waals surface area contributed by atoms with Crippen molar-refractivity contribution in [1.29, 1.82) is 0 Å². The Morgan fingerprint density at radius 2 is 1.71 bits per heavy atom. The molecule has 0 saturated heterocycles. The monoisotopic (exact) mass is 249 g/mol. The van der Waals surface area contributed by atoms with Crippen LogP contribution >= 0.6 is 0 Å². The molecule has 0 saturated carbocycles. The van der Waals surface area contributed by atoms with Crippen LogP contribution in [0.25, 0.3) is 11.1 Å². The van der Waals surface area contributed by atoms with Crippen molar-refractivity contribution in [2.75, 3.05) is 4.72 Å². The van der Waals surface area contributed by atoms with Gasteiger partial charge >= 0.3 is 0 Å². The van der Waals surface area contributed by atoms with Gasteiger partial charge in [-0.1, -0.05) is 42.5 Å². The minimum absolute atomic E-state index is 0.0613. The Bertz CT molecular complexity index is 543. The van der Waals surface area contributed by atoms with E-state index in [4.69, 9.17) is 4.55 Å². The van der Waals surface area contributed by atoms with Gasteiger partial charge in [0.05, 0.1) is 5.69 Å². The van der Waals surface area contributed by atoms with Crippen LogP contribution in [0.1, 0.15) is 0 Å². The summed E-state index contributed by atoms with van der Waals surface area (Å²) < 4.78 is 22.0. The van der Waals surface area contributed by atoms with Crippen LogP contribution in [0.15, 0.2) is 48.5 Å². The van der Waals surface area contributed by atoms with E-state index in [0.29, 0.717) is 5.56 Å². The van der Waals surface area contributed by atoms with Crippen molar-refractivity contribution in [1.82, 2.24) is 0 Å². The Kier molecular flexibility index (Phi) is 3.41. The molecular weight excluding hydrogens is 238 g/mol. The maximum Gasteiger partial charge on any atom is 0.259 e. The first-order valence-corrected chi connectivity index (χ1v) is 6.04. The van der Waals surface area contributed by atoms with E-state index in [2.05, 4.69) is 4.72 Å². The summed E-state index contributed by atoms with van der Waals surface area (Å²) in [6.07, 6.45) is 0. The first-order valence-electron chi connectivity index (χ1n) is 4.93. The van der Waals surface area contributed by atoms with E-state index in [0.717, 1.165) is 5.56 Å². The predicted molar refractivity (Wildman–Crippen MR) is 67.9 cm³/mol. The Balaban J connectivity index is 2.54. The molecule has 0 radical (unpaired) electrons. The quantitative estimate of drug-likeness (QED) is 0.578. The zero-order valence-corrected chi connectivity index (χ0v) is 9.65. The summed E-state index contributed by atoms with van der Waals surface area (Å²) in [7, 11) is 0. The topological polar surface area (TPSA) is 69.6 Å². The zero-order chi connectivity index (χ0) is 12.3. The second kappa shape index (κ2) is 4.99. The molecule has 17 heavy (non-hydrogen) atoms. The van der Waals surface area contributed by atoms with Crippen molar-refractivity contribution in [3.05, 3.63) is 48.5 Å². The lowest BCUT2D eigenvalue weighted by Gasteiger charge is -2.11. The second-order valence-electron chi connectivity index (χ2n) is 3.42. The summed E-state index contributed by atoms with van der Waals surface area (Å²) in [5, 5.41) is 9.69. The lowest BCUT2D eigenvalue weighted by atomic mass is 10.0. The van der Waals surface area contributed by atoms with Gasteiger partial charge in [-0.3, -0.25) is 9.27 Å². The smallest absolute Gasteiger partial charge is 0.259 e. The molecule has 4 nitrogen and oxygen atoms in total. The van der Waals surface area contributed by atoms with Crippen LogP contribution in [0.3, 0.4) is 0 Å². The number of aromatic hydroxyl groups is 1. The van der Waals surface area contributed by atoms with E-state index in [9.17, 15) is 9.32 Å². The van der Waals surface area contributed by atoms with Gasteiger partial charge in [0.2, 0.25) is 0 Å². The highest BCUT2D eigenvalue weighted by Gasteiger charge is 2.10. The number of rotatable bonds is 3. The molecule has 0 heterocycles. The van der Waals surface area contributed by atoms with Crippen molar-refractivity contribution in [2.24, 2.45) is 0 Å². The largest absolute Gasteiger partial charge is 0.506 e. The normalized spacial score (nSPS) is 12.1. The molecule has 2 aromatic rings. The van der Waals surface area contributed by atoms with Crippen LogP contribution < -0.4 is 4.72 Å². The van der Waals surface area contributed by atoms with Gasteiger partial charge in [-0.2, -0.15) is 0 Å². The molecule has 0 aliphatic rings. The zero-order valence-electron chi connectivity index (χ0n) is 8.83. The van der Waals surface area contributed by atoms with Gasteiger partial charge in [0.15, 0.2) is 0 Å². The molecule has 5 heteroatoms.